The lowest BCUT2D eigenvalue weighted by atomic mass is 10.2. The Morgan fingerprint density at radius 1 is 1.14 bits per heavy atom. The summed E-state index contributed by atoms with van der Waals surface area (Å²) >= 11 is 1.60. The van der Waals surface area contributed by atoms with E-state index in [0.29, 0.717) is 12.1 Å². The molecule has 22 heavy (non-hydrogen) atoms. The van der Waals surface area contributed by atoms with Gasteiger partial charge >= 0.3 is 0 Å². The highest BCUT2D eigenvalue weighted by atomic mass is 32.2. The van der Waals surface area contributed by atoms with Crippen molar-refractivity contribution in [3.8, 4) is 0 Å². The van der Waals surface area contributed by atoms with Crippen molar-refractivity contribution in [1.29, 1.82) is 0 Å². The van der Waals surface area contributed by atoms with Gasteiger partial charge in [-0.3, -0.25) is 4.79 Å². The standard InChI is InChI=1S/C18H16FNOS/c19-16-9-5-4-8-15(16)18-20(12-13-22-18)17(21)11-10-14-6-2-1-3-7-14/h1-11,18H,12-13H2. The second-order valence-corrected chi connectivity index (χ2v) is 6.21. The van der Waals surface area contributed by atoms with Gasteiger partial charge in [0, 0.05) is 23.9 Å². The molecule has 0 aromatic heterocycles. The lowest BCUT2D eigenvalue weighted by Crippen LogP contribution is -2.29. The quantitative estimate of drug-likeness (QED) is 0.795. The van der Waals surface area contributed by atoms with Crippen molar-refractivity contribution in [2.24, 2.45) is 0 Å². The highest BCUT2D eigenvalue weighted by Crippen LogP contribution is 2.39. The Morgan fingerprint density at radius 2 is 1.86 bits per heavy atom. The molecule has 0 bridgehead atoms. The van der Waals surface area contributed by atoms with Gasteiger partial charge < -0.3 is 4.90 Å². The van der Waals surface area contributed by atoms with Crippen LogP contribution in [0, 0.1) is 5.82 Å². The summed E-state index contributed by atoms with van der Waals surface area (Å²) < 4.78 is 14.0. The average molecular weight is 313 g/mol. The number of rotatable bonds is 3. The van der Waals surface area contributed by atoms with Crippen molar-refractivity contribution in [1.82, 2.24) is 4.90 Å². The van der Waals surface area contributed by atoms with Gasteiger partial charge in [0.2, 0.25) is 5.91 Å². The fourth-order valence-corrected chi connectivity index (χ4v) is 3.74. The van der Waals surface area contributed by atoms with E-state index in [9.17, 15) is 9.18 Å². The molecule has 2 aromatic rings. The summed E-state index contributed by atoms with van der Waals surface area (Å²) in [5.41, 5.74) is 1.55. The fraction of sp³-hybridized carbons (Fsp3) is 0.167. The molecule has 0 radical (unpaired) electrons. The minimum Gasteiger partial charge on any atom is -0.322 e. The zero-order chi connectivity index (χ0) is 15.4. The molecule has 0 saturated carbocycles. The van der Waals surface area contributed by atoms with Gasteiger partial charge in [-0.25, -0.2) is 4.39 Å². The summed E-state index contributed by atoms with van der Waals surface area (Å²) in [5.74, 6) is 0.484. The predicted molar refractivity (Wildman–Crippen MR) is 88.8 cm³/mol. The van der Waals surface area contributed by atoms with Crippen molar-refractivity contribution in [3.63, 3.8) is 0 Å². The van der Waals surface area contributed by atoms with Crippen LogP contribution in [-0.2, 0) is 4.79 Å². The molecule has 0 aliphatic carbocycles. The van der Waals surface area contributed by atoms with Gasteiger partial charge in [0.1, 0.15) is 11.2 Å². The first-order valence-electron chi connectivity index (χ1n) is 7.15. The van der Waals surface area contributed by atoms with E-state index < -0.39 is 0 Å². The SMILES string of the molecule is O=C(C=Cc1ccccc1)N1CCSC1c1ccccc1F. The Kier molecular flexibility index (Phi) is 4.59. The molecular formula is C18H16FNOS. The lowest BCUT2D eigenvalue weighted by Gasteiger charge is -2.23. The van der Waals surface area contributed by atoms with Crippen LogP contribution in [0.1, 0.15) is 16.5 Å². The molecule has 0 spiro atoms. The number of amides is 1. The molecule has 1 aliphatic rings. The van der Waals surface area contributed by atoms with E-state index in [1.54, 1.807) is 47.0 Å². The molecule has 4 heteroatoms. The summed E-state index contributed by atoms with van der Waals surface area (Å²) in [5, 5.41) is -0.242. The van der Waals surface area contributed by atoms with Crippen molar-refractivity contribution >= 4 is 23.7 Å². The smallest absolute Gasteiger partial charge is 0.247 e. The summed E-state index contributed by atoms with van der Waals surface area (Å²) in [6.07, 6.45) is 3.36. The van der Waals surface area contributed by atoms with E-state index in [0.717, 1.165) is 11.3 Å². The van der Waals surface area contributed by atoms with Gasteiger partial charge in [-0.05, 0) is 17.7 Å². The van der Waals surface area contributed by atoms with Gasteiger partial charge in [-0.15, -0.1) is 11.8 Å². The Labute approximate surface area is 133 Å². The second kappa shape index (κ2) is 6.79. The van der Waals surface area contributed by atoms with Gasteiger partial charge in [0.05, 0.1) is 0 Å². The van der Waals surface area contributed by atoms with E-state index in [1.165, 1.54) is 6.07 Å². The topological polar surface area (TPSA) is 20.3 Å². The highest BCUT2D eigenvalue weighted by molar-refractivity contribution is 7.99. The molecule has 0 N–H and O–H groups in total. The first-order valence-corrected chi connectivity index (χ1v) is 8.20. The zero-order valence-electron chi connectivity index (χ0n) is 12.0. The van der Waals surface area contributed by atoms with Gasteiger partial charge in [0.25, 0.3) is 0 Å². The zero-order valence-corrected chi connectivity index (χ0v) is 12.8. The molecule has 1 amide bonds. The highest BCUT2D eigenvalue weighted by Gasteiger charge is 2.31. The van der Waals surface area contributed by atoms with Crippen molar-refractivity contribution < 1.29 is 9.18 Å². The predicted octanol–water partition coefficient (Wildman–Crippen LogP) is 4.11. The summed E-state index contributed by atoms with van der Waals surface area (Å²) in [4.78, 5) is 14.1. The van der Waals surface area contributed by atoms with Crippen LogP contribution in [0.4, 0.5) is 4.39 Å². The molecular weight excluding hydrogens is 297 g/mol. The molecule has 3 rings (SSSR count). The maximum atomic E-state index is 14.0. The minimum atomic E-state index is -0.258. The number of thioether (sulfide) groups is 1. The molecule has 112 valence electrons. The first kappa shape index (κ1) is 14.9. The van der Waals surface area contributed by atoms with Crippen molar-refractivity contribution in [3.05, 3.63) is 77.6 Å². The Balaban J connectivity index is 1.77. The van der Waals surface area contributed by atoms with Crippen LogP contribution in [0.2, 0.25) is 0 Å². The van der Waals surface area contributed by atoms with Crippen LogP contribution < -0.4 is 0 Å². The summed E-state index contributed by atoms with van der Waals surface area (Å²) in [7, 11) is 0. The van der Waals surface area contributed by atoms with Crippen LogP contribution in [-0.4, -0.2) is 23.1 Å². The van der Waals surface area contributed by atoms with E-state index in [4.69, 9.17) is 0 Å². The average Bonchev–Trinajstić information content (AvgIpc) is 3.03. The van der Waals surface area contributed by atoms with Gasteiger partial charge in [-0.2, -0.15) is 0 Å². The Bertz CT molecular complexity index is 686. The third kappa shape index (κ3) is 3.22. The molecule has 1 atom stereocenters. The largest absolute Gasteiger partial charge is 0.322 e. The summed E-state index contributed by atoms with van der Waals surface area (Å²) in [6, 6.07) is 16.3. The van der Waals surface area contributed by atoms with Gasteiger partial charge in [-0.1, -0.05) is 48.5 Å². The number of hydrogen-bond donors (Lipinski definition) is 0. The van der Waals surface area contributed by atoms with Crippen LogP contribution in [0.15, 0.2) is 60.7 Å². The van der Waals surface area contributed by atoms with Crippen molar-refractivity contribution in [2.75, 3.05) is 12.3 Å². The van der Waals surface area contributed by atoms with Crippen LogP contribution >= 0.6 is 11.8 Å². The first-order chi connectivity index (χ1) is 10.8. The van der Waals surface area contributed by atoms with Crippen LogP contribution in [0.3, 0.4) is 0 Å². The maximum Gasteiger partial charge on any atom is 0.247 e. The van der Waals surface area contributed by atoms with E-state index in [-0.39, 0.29) is 17.1 Å². The Hall–Kier alpha value is -2.07. The third-order valence-electron chi connectivity index (χ3n) is 3.56. The molecule has 1 heterocycles. The Morgan fingerprint density at radius 3 is 2.64 bits per heavy atom. The molecule has 1 aliphatic heterocycles. The number of halogens is 1. The number of nitrogens with zero attached hydrogens (tertiary/aromatic N) is 1. The minimum absolute atomic E-state index is 0.0814. The molecule has 1 saturated heterocycles. The van der Waals surface area contributed by atoms with Crippen LogP contribution in [0.25, 0.3) is 6.08 Å². The van der Waals surface area contributed by atoms with E-state index in [1.807, 2.05) is 30.3 Å². The number of hydrogen-bond acceptors (Lipinski definition) is 2. The van der Waals surface area contributed by atoms with Crippen molar-refractivity contribution in [2.45, 2.75) is 5.37 Å². The van der Waals surface area contributed by atoms with Gasteiger partial charge in [0.15, 0.2) is 0 Å². The molecule has 2 nitrogen and oxygen atoms in total. The third-order valence-corrected chi connectivity index (χ3v) is 4.81. The lowest BCUT2D eigenvalue weighted by molar-refractivity contribution is -0.126. The number of carbonyl (C=O) groups excluding carboxylic acids is 1. The second-order valence-electron chi connectivity index (χ2n) is 5.02. The summed E-state index contributed by atoms with van der Waals surface area (Å²) in [6.45, 7) is 0.641. The fourth-order valence-electron chi connectivity index (χ4n) is 2.46. The van der Waals surface area contributed by atoms with E-state index in [2.05, 4.69) is 0 Å². The molecule has 1 unspecified atom stereocenters. The maximum absolute atomic E-state index is 14.0. The molecule has 1 fully saturated rings. The number of benzene rings is 2. The van der Waals surface area contributed by atoms with Crippen LogP contribution in [0.5, 0.6) is 0 Å². The normalized spacial score (nSPS) is 18.0. The monoisotopic (exact) mass is 313 g/mol. The number of carbonyl (C=O) groups is 1. The van der Waals surface area contributed by atoms with E-state index >= 15 is 0 Å². The molecule has 2 aromatic carbocycles.